The molecule has 1 aliphatic heterocycles. The maximum Gasteiger partial charge on any atom is 0.0991 e. The zero-order valence-electron chi connectivity index (χ0n) is 10.4. The molecule has 0 bridgehead atoms. The van der Waals surface area contributed by atoms with Crippen molar-refractivity contribution in [2.75, 3.05) is 25.1 Å². The van der Waals surface area contributed by atoms with Crippen LogP contribution in [0.4, 0.5) is 5.69 Å². The summed E-state index contributed by atoms with van der Waals surface area (Å²) >= 11 is 0. The van der Waals surface area contributed by atoms with Crippen molar-refractivity contribution < 1.29 is 4.74 Å². The molecule has 17 heavy (non-hydrogen) atoms. The SMILES string of the molecule is Cc1cc(C#N)ccc1N(C)CC1CCCO1. The Morgan fingerprint density at radius 3 is 2.94 bits per heavy atom. The van der Waals surface area contributed by atoms with Gasteiger partial charge in [-0.05, 0) is 43.5 Å². The lowest BCUT2D eigenvalue weighted by Crippen LogP contribution is -2.28. The molecule has 0 N–H and O–H groups in total. The Morgan fingerprint density at radius 1 is 1.53 bits per heavy atom. The average molecular weight is 230 g/mol. The molecular formula is C14H18N2O. The number of benzene rings is 1. The van der Waals surface area contributed by atoms with Gasteiger partial charge in [0.2, 0.25) is 0 Å². The summed E-state index contributed by atoms with van der Waals surface area (Å²) < 4.78 is 5.64. The number of hydrogen-bond acceptors (Lipinski definition) is 3. The average Bonchev–Trinajstić information content (AvgIpc) is 2.81. The second kappa shape index (κ2) is 5.20. The predicted molar refractivity (Wildman–Crippen MR) is 68.1 cm³/mol. The van der Waals surface area contributed by atoms with Crippen LogP contribution >= 0.6 is 0 Å². The maximum atomic E-state index is 8.84. The van der Waals surface area contributed by atoms with Gasteiger partial charge >= 0.3 is 0 Å². The van der Waals surface area contributed by atoms with Crippen molar-refractivity contribution in [2.24, 2.45) is 0 Å². The summed E-state index contributed by atoms with van der Waals surface area (Å²) in [6.45, 7) is 3.86. The molecule has 0 amide bonds. The second-order valence-electron chi connectivity index (χ2n) is 4.63. The summed E-state index contributed by atoms with van der Waals surface area (Å²) in [4.78, 5) is 2.21. The second-order valence-corrected chi connectivity index (χ2v) is 4.63. The highest BCUT2D eigenvalue weighted by atomic mass is 16.5. The fraction of sp³-hybridized carbons (Fsp3) is 0.500. The van der Waals surface area contributed by atoms with Crippen LogP contribution in [0, 0.1) is 18.3 Å². The van der Waals surface area contributed by atoms with Crippen LogP contribution in [0.25, 0.3) is 0 Å². The minimum absolute atomic E-state index is 0.357. The van der Waals surface area contributed by atoms with Crippen LogP contribution in [0.1, 0.15) is 24.0 Å². The highest BCUT2D eigenvalue weighted by Gasteiger charge is 2.18. The minimum Gasteiger partial charge on any atom is -0.376 e. The van der Waals surface area contributed by atoms with Crippen LogP contribution in [0.15, 0.2) is 18.2 Å². The summed E-state index contributed by atoms with van der Waals surface area (Å²) in [6, 6.07) is 7.98. The number of rotatable bonds is 3. The third-order valence-electron chi connectivity index (χ3n) is 3.24. The summed E-state index contributed by atoms with van der Waals surface area (Å²) in [5.41, 5.74) is 3.04. The number of nitriles is 1. The van der Waals surface area contributed by atoms with Crippen LogP contribution in [0.2, 0.25) is 0 Å². The molecule has 1 aromatic rings. The van der Waals surface area contributed by atoms with Crippen molar-refractivity contribution in [2.45, 2.75) is 25.9 Å². The topological polar surface area (TPSA) is 36.3 Å². The molecule has 1 saturated heterocycles. The van der Waals surface area contributed by atoms with Gasteiger partial charge in [-0.3, -0.25) is 0 Å². The smallest absolute Gasteiger partial charge is 0.0991 e. The van der Waals surface area contributed by atoms with Crippen molar-refractivity contribution >= 4 is 5.69 Å². The van der Waals surface area contributed by atoms with Crippen LogP contribution < -0.4 is 4.90 Å². The van der Waals surface area contributed by atoms with Gasteiger partial charge in [-0.15, -0.1) is 0 Å². The largest absolute Gasteiger partial charge is 0.376 e. The Balaban J connectivity index is 2.08. The van der Waals surface area contributed by atoms with Gasteiger partial charge in [-0.1, -0.05) is 0 Å². The number of aryl methyl sites for hydroxylation is 1. The van der Waals surface area contributed by atoms with E-state index in [2.05, 4.69) is 18.0 Å². The number of anilines is 1. The zero-order valence-corrected chi connectivity index (χ0v) is 10.4. The van der Waals surface area contributed by atoms with Crippen molar-refractivity contribution in [3.05, 3.63) is 29.3 Å². The van der Waals surface area contributed by atoms with Crippen LogP contribution in [-0.4, -0.2) is 26.3 Å². The molecule has 1 aliphatic rings. The van der Waals surface area contributed by atoms with E-state index < -0.39 is 0 Å². The van der Waals surface area contributed by atoms with E-state index in [1.165, 1.54) is 12.1 Å². The van der Waals surface area contributed by atoms with E-state index in [9.17, 15) is 0 Å². The van der Waals surface area contributed by atoms with Crippen LogP contribution in [0.3, 0.4) is 0 Å². The molecule has 2 rings (SSSR count). The molecule has 0 aliphatic carbocycles. The third kappa shape index (κ3) is 2.78. The van der Waals surface area contributed by atoms with Crippen molar-refractivity contribution in [3.8, 4) is 6.07 Å². The zero-order chi connectivity index (χ0) is 12.3. The summed E-state index contributed by atoms with van der Waals surface area (Å²) in [6.07, 6.45) is 2.68. The van der Waals surface area contributed by atoms with E-state index in [1.807, 2.05) is 25.1 Å². The van der Waals surface area contributed by atoms with E-state index in [0.29, 0.717) is 6.10 Å². The summed E-state index contributed by atoms with van der Waals surface area (Å²) in [5.74, 6) is 0. The Hall–Kier alpha value is -1.53. The van der Waals surface area contributed by atoms with E-state index in [-0.39, 0.29) is 0 Å². The molecule has 0 spiro atoms. The molecule has 1 atom stereocenters. The van der Waals surface area contributed by atoms with Crippen LogP contribution in [-0.2, 0) is 4.74 Å². The molecule has 3 heteroatoms. The fourth-order valence-electron chi connectivity index (χ4n) is 2.35. The monoisotopic (exact) mass is 230 g/mol. The molecule has 0 aromatic heterocycles. The van der Waals surface area contributed by atoms with Gasteiger partial charge in [0.1, 0.15) is 0 Å². The first-order chi connectivity index (χ1) is 8.20. The lowest BCUT2D eigenvalue weighted by Gasteiger charge is -2.24. The van der Waals surface area contributed by atoms with E-state index in [4.69, 9.17) is 10.00 Å². The predicted octanol–water partition coefficient (Wildman–Crippen LogP) is 2.48. The quantitative estimate of drug-likeness (QED) is 0.800. The van der Waals surface area contributed by atoms with E-state index >= 15 is 0 Å². The van der Waals surface area contributed by atoms with Gasteiger partial charge in [0.15, 0.2) is 0 Å². The lowest BCUT2D eigenvalue weighted by atomic mass is 10.1. The van der Waals surface area contributed by atoms with Crippen molar-refractivity contribution in [1.29, 1.82) is 5.26 Å². The standard InChI is InChI=1S/C14H18N2O/c1-11-8-12(9-15)5-6-14(11)16(2)10-13-4-3-7-17-13/h5-6,8,13H,3-4,7,10H2,1-2H3. The molecule has 0 saturated carbocycles. The molecule has 1 heterocycles. The number of hydrogen-bond donors (Lipinski definition) is 0. The van der Waals surface area contributed by atoms with Gasteiger partial charge < -0.3 is 9.64 Å². The molecule has 1 fully saturated rings. The Labute approximate surface area is 103 Å². The minimum atomic E-state index is 0.357. The van der Waals surface area contributed by atoms with E-state index in [0.717, 1.165) is 30.7 Å². The molecular weight excluding hydrogens is 212 g/mol. The highest BCUT2D eigenvalue weighted by Crippen LogP contribution is 2.22. The first kappa shape index (κ1) is 11.9. The lowest BCUT2D eigenvalue weighted by molar-refractivity contribution is 0.116. The molecule has 90 valence electrons. The van der Waals surface area contributed by atoms with Gasteiger partial charge in [-0.2, -0.15) is 5.26 Å². The number of likely N-dealkylation sites (N-methyl/N-ethyl adjacent to an activating group) is 1. The summed E-state index contributed by atoms with van der Waals surface area (Å²) in [5, 5.41) is 8.84. The van der Waals surface area contributed by atoms with Gasteiger partial charge in [-0.25, -0.2) is 0 Å². The maximum absolute atomic E-state index is 8.84. The number of nitrogens with zero attached hydrogens (tertiary/aromatic N) is 2. The first-order valence-electron chi connectivity index (χ1n) is 6.04. The first-order valence-corrected chi connectivity index (χ1v) is 6.04. The fourth-order valence-corrected chi connectivity index (χ4v) is 2.35. The highest BCUT2D eigenvalue weighted by molar-refractivity contribution is 5.55. The van der Waals surface area contributed by atoms with Gasteiger partial charge in [0, 0.05) is 25.9 Å². The normalized spacial score (nSPS) is 19.0. The Morgan fingerprint density at radius 2 is 2.35 bits per heavy atom. The molecule has 1 aromatic carbocycles. The summed E-state index contributed by atoms with van der Waals surface area (Å²) in [7, 11) is 2.08. The Kier molecular flexibility index (Phi) is 3.65. The van der Waals surface area contributed by atoms with Crippen molar-refractivity contribution in [3.63, 3.8) is 0 Å². The van der Waals surface area contributed by atoms with Gasteiger partial charge in [0.25, 0.3) is 0 Å². The molecule has 3 nitrogen and oxygen atoms in total. The van der Waals surface area contributed by atoms with Crippen molar-refractivity contribution in [1.82, 2.24) is 0 Å². The van der Waals surface area contributed by atoms with Crippen LogP contribution in [0.5, 0.6) is 0 Å². The third-order valence-corrected chi connectivity index (χ3v) is 3.24. The number of ether oxygens (including phenoxy) is 1. The van der Waals surface area contributed by atoms with E-state index in [1.54, 1.807) is 0 Å². The molecule has 1 unspecified atom stereocenters. The molecule has 0 radical (unpaired) electrons. The Bertz CT molecular complexity index is 430. The van der Waals surface area contributed by atoms with Gasteiger partial charge in [0.05, 0.1) is 17.7 Å².